The van der Waals surface area contributed by atoms with Gasteiger partial charge in [-0.1, -0.05) is 24.9 Å². The van der Waals surface area contributed by atoms with Gasteiger partial charge in [-0.05, 0) is 18.6 Å². The third-order valence-corrected chi connectivity index (χ3v) is 1.93. The van der Waals surface area contributed by atoms with Crippen LogP contribution in [0, 0.1) is 0 Å². The van der Waals surface area contributed by atoms with Crippen molar-refractivity contribution >= 4 is 23.1 Å². The molecule has 0 amide bonds. The minimum absolute atomic E-state index is 0.466. The van der Waals surface area contributed by atoms with E-state index in [4.69, 9.17) is 17.3 Å². The van der Waals surface area contributed by atoms with Gasteiger partial charge in [-0.25, -0.2) is 4.98 Å². The van der Waals surface area contributed by atoms with E-state index in [1.165, 1.54) is 0 Å². The van der Waals surface area contributed by atoms with Crippen molar-refractivity contribution in [2.75, 3.05) is 17.6 Å². The Kier molecular flexibility index (Phi) is 3.83. The molecule has 1 rings (SSSR count). The summed E-state index contributed by atoms with van der Waals surface area (Å²) in [6.45, 7) is 3.02. The fourth-order valence-electron chi connectivity index (χ4n) is 0.971. The molecule has 0 saturated carbocycles. The first kappa shape index (κ1) is 10.1. The maximum atomic E-state index is 5.72. The molecule has 1 heterocycles. The molecule has 0 atom stereocenters. The summed E-state index contributed by atoms with van der Waals surface area (Å²) in [4.78, 5) is 4.07. The number of pyridine rings is 1. The number of nitrogens with one attached hydrogen (secondary N) is 1. The van der Waals surface area contributed by atoms with Crippen LogP contribution in [-0.4, -0.2) is 11.5 Å². The van der Waals surface area contributed by atoms with Crippen LogP contribution in [0.15, 0.2) is 12.1 Å². The Labute approximate surface area is 83.3 Å². The standard InChI is InChI=1S/C9H14ClN3/c1-2-3-6-12-9-7(11)4-5-8(10)13-9/h4-5H,2-3,6,11H2,1H3,(H,12,13). The first-order valence-corrected chi connectivity index (χ1v) is 4.77. The molecular weight excluding hydrogens is 186 g/mol. The Morgan fingerprint density at radius 1 is 1.54 bits per heavy atom. The van der Waals surface area contributed by atoms with Crippen LogP contribution in [0.4, 0.5) is 11.5 Å². The number of halogens is 1. The summed E-state index contributed by atoms with van der Waals surface area (Å²) >= 11 is 5.72. The van der Waals surface area contributed by atoms with Gasteiger partial charge in [0, 0.05) is 6.54 Å². The van der Waals surface area contributed by atoms with Crippen molar-refractivity contribution in [3.63, 3.8) is 0 Å². The highest BCUT2D eigenvalue weighted by Gasteiger charge is 1.99. The molecule has 0 bridgehead atoms. The number of rotatable bonds is 4. The van der Waals surface area contributed by atoms with E-state index in [-0.39, 0.29) is 0 Å². The highest BCUT2D eigenvalue weighted by atomic mass is 35.5. The van der Waals surface area contributed by atoms with Crippen LogP contribution in [-0.2, 0) is 0 Å². The van der Waals surface area contributed by atoms with Crippen LogP contribution < -0.4 is 11.1 Å². The molecule has 0 saturated heterocycles. The lowest BCUT2D eigenvalue weighted by Crippen LogP contribution is -2.05. The van der Waals surface area contributed by atoms with E-state index in [1.807, 2.05) is 0 Å². The second kappa shape index (κ2) is 4.92. The largest absolute Gasteiger partial charge is 0.396 e. The molecule has 3 N–H and O–H groups in total. The van der Waals surface area contributed by atoms with Gasteiger partial charge in [-0.15, -0.1) is 0 Å². The van der Waals surface area contributed by atoms with Crippen LogP contribution in [0.2, 0.25) is 5.15 Å². The Balaban J connectivity index is 2.59. The third kappa shape index (κ3) is 3.11. The van der Waals surface area contributed by atoms with Gasteiger partial charge in [0.25, 0.3) is 0 Å². The second-order valence-electron chi connectivity index (χ2n) is 2.85. The Morgan fingerprint density at radius 2 is 2.31 bits per heavy atom. The number of anilines is 2. The zero-order valence-corrected chi connectivity index (χ0v) is 8.43. The van der Waals surface area contributed by atoms with Crippen molar-refractivity contribution in [2.45, 2.75) is 19.8 Å². The van der Waals surface area contributed by atoms with Gasteiger partial charge in [0.2, 0.25) is 0 Å². The van der Waals surface area contributed by atoms with Crippen molar-refractivity contribution < 1.29 is 0 Å². The zero-order chi connectivity index (χ0) is 9.68. The molecule has 0 aliphatic rings. The maximum absolute atomic E-state index is 5.72. The first-order chi connectivity index (χ1) is 6.24. The van der Waals surface area contributed by atoms with Gasteiger partial charge in [-0.3, -0.25) is 0 Å². The summed E-state index contributed by atoms with van der Waals surface area (Å²) in [6, 6.07) is 3.44. The van der Waals surface area contributed by atoms with Crippen LogP contribution in [0.5, 0.6) is 0 Å². The molecule has 0 spiro atoms. The normalized spacial score (nSPS) is 10.0. The minimum atomic E-state index is 0.466. The molecule has 0 aliphatic carbocycles. The van der Waals surface area contributed by atoms with Crippen LogP contribution >= 0.6 is 11.6 Å². The minimum Gasteiger partial charge on any atom is -0.396 e. The summed E-state index contributed by atoms with van der Waals surface area (Å²) in [5.74, 6) is 0.681. The molecular formula is C9H14ClN3. The van der Waals surface area contributed by atoms with Crippen LogP contribution in [0.3, 0.4) is 0 Å². The predicted molar refractivity (Wildman–Crippen MR) is 57.1 cm³/mol. The predicted octanol–water partition coefficient (Wildman–Crippen LogP) is 2.53. The monoisotopic (exact) mass is 199 g/mol. The topological polar surface area (TPSA) is 50.9 Å². The molecule has 0 unspecified atom stereocenters. The molecule has 13 heavy (non-hydrogen) atoms. The van der Waals surface area contributed by atoms with Crippen LogP contribution in [0.25, 0.3) is 0 Å². The van der Waals surface area contributed by atoms with Gasteiger partial charge in [0.15, 0.2) is 5.82 Å². The van der Waals surface area contributed by atoms with E-state index in [0.717, 1.165) is 19.4 Å². The first-order valence-electron chi connectivity index (χ1n) is 4.40. The third-order valence-electron chi connectivity index (χ3n) is 1.72. The summed E-state index contributed by atoms with van der Waals surface area (Å²) in [7, 11) is 0. The maximum Gasteiger partial charge on any atom is 0.150 e. The Hall–Kier alpha value is -0.960. The Morgan fingerprint density at radius 3 is 3.00 bits per heavy atom. The van der Waals surface area contributed by atoms with Gasteiger partial charge in [0.05, 0.1) is 5.69 Å². The summed E-state index contributed by atoms with van der Waals surface area (Å²) in [5.41, 5.74) is 6.33. The highest BCUT2D eigenvalue weighted by Crippen LogP contribution is 2.17. The van der Waals surface area contributed by atoms with Gasteiger partial charge in [-0.2, -0.15) is 0 Å². The molecule has 0 aromatic carbocycles. The molecule has 0 fully saturated rings. The molecule has 1 aromatic heterocycles. The SMILES string of the molecule is CCCCNc1nc(Cl)ccc1N. The number of hydrogen-bond acceptors (Lipinski definition) is 3. The Bertz CT molecular complexity index is 276. The molecule has 0 aliphatic heterocycles. The van der Waals surface area contributed by atoms with E-state index < -0.39 is 0 Å². The number of nitrogens with two attached hydrogens (primary N) is 1. The van der Waals surface area contributed by atoms with E-state index in [9.17, 15) is 0 Å². The van der Waals surface area contributed by atoms with Gasteiger partial charge >= 0.3 is 0 Å². The van der Waals surface area contributed by atoms with E-state index in [1.54, 1.807) is 12.1 Å². The smallest absolute Gasteiger partial charge is 0.150 e. The lowest BCUT2D eigenvalue weighted by atomic mass is 10.3. The lowest BCUT2D eigenvalue weighted by Gasteiger charge is -2.07. The fourth-order valence-corrected chi connectivity index (χ4v) is 1.12. The lowest BCUT2D eigenvalue weighted by molar-refractivity contribution is 0.831. The summed E-state index contributed by atoms with van der Waals surface area (Å²) in [5, 5.41) is 3.60. The van der Waals surface area contributed by atoms with Crippen molar-refractivity contribution in [1.82, 2.24) is 4.98 Å². The number of unbranched alkanes of at least 4 members (excludes halogenated alkanes) is 1. The number of nitrogen functional groups attached to an aromatic ring is 1. The highest BCUT2D eigenvalue weighted by molar-refractivity contribution is 6.29. The second-order valence-corrected chi connectivity index (χ2v) is 3.24. The van der Waals surface area contributed by atoms with E-state index >= 15 is 0 Å². The summed E-state index contributed by atoms with van der Waals surface area (Å²) in [6.07, 6.45) is 2.25. The molecule has 3 nitrogen and oxygen atoms in total. The number of aromatic nitrogens is 1. The molecule has 0 radical (unpaired) electrons. The van der Waals surface area contributed by atoms with E-state index in [0.29, 0.717) is 16.7 Å². The zero-order valence-electron chi connectivity index (χ0n) is 7.68. The summed E-state index contributed by atoms with van der Waals surface area (Å²) < 4.78 is 0. The number of hydrogen-bond donors (Lipinski definition) is 2. The van der Waals surface area contributed by atoms with Gasteiger partial charge < -0.3 is 11.1 Å². The molecule has 1 aromatic rings. The van der Waals surface area contributed by atoms with Crippen LogP contribution in [0.1, 0.15) is 19.8 Å². The van der Waals surface area contributed by atoms with E-state index in [2.05, 4.69) is 17.2 Å². The molecule has 72 valence electrons. The fraction of sp³-hybridized carbons (Fsp3) is 0.444. The number of nitrogens with zero attached hydrogens (tertiary/aromatic N) is 1. The van der Waals surface area contributed by atoms with Crippen molar-refractivity contribution in [3.05, 3.63) is 17.3 Å². The quantitative estimate of drug-likeness (QED) is 0.579. The average Bonchev–Trinajstić information content (AvgIpc) is 2.11. The average molecular weight is 200 g/mol. The van der Waals surface area contributed by atoms with Crippen molar-refractivity contribution in [2.24, 2.45) is 0 Å². The van der Waals surface area contributed by atoms with Gasteiger partial charge in [0.1, 0.15) is 5.15 Å². The van der Waals surface area contributed by atoms with Crippen molar-refractivity contribution in [3.8, 4) is 0 Å². The molecule has 4 heteroatoms. The van der Waals surface area contributed by atoms with Crippen molar-refractivity contribution in [1.29, 1.82) is 0 Å².